The normalized spacial score (nSPS) is 25.3. The van der Waals surface area contributed by atoms with Gasteiger partial charge in [0.25, 0.3) is 0 Å². The van der Waals surface area contributed by atoms with Crippen molar-refractivity contribution in [2.24, 2.45) is 11.7 Å². The highest BCUT2D eigenvalue weighted by Crippen LogP contribution is 2.27. The zero-order valence-electron chi connectivity index (χ0n) is 11.0. The van der Waals surface area contributed by atoms with Crippen LogP contribution in [0.2, 0.25) is 0 Å². The molecule has 1 aromatic rings. The van der Waals surface area contributed by atoms with Crippen LogP contribution in [-0.4, -0.2) is 29.3 Å². The van der Waals surface area contributed by atoms with Crippen molar-refractivity contribution in [2.75, 3.05) is 13.2 Å². The first-order valence-electron chi connectivity index (χ1n) is 6.74. The maximum atomic E-state index is 9.35. The number of nitrogens with zero attached hydrogens (tertiary/aromatic N) is 1. The lowest BCUT2D eigenvalue weighted by Crippen LogP contribution is -2.39. The standard InChI is InChI=1S/C14H23N3O/c1-10-5-6-11(8-16-10)14(7-15)17-13-4-2-3-12(13)9-18/h5-6,8,12-14,17-18H,2-4,7,9,15H2,1H3. The van der Waals surface area contributed by atoms with E-state index in [-0.39, 0.29) is 12.6 Å². The molecule has 0 radical (unpaired) electrons. The number of nitrogens with one attached hydrogen (secondary N) is 1. The Morgan fingerprint density at radius 2 is 2.33 bits per heavy atom. The van der Waals surface area contributed by atoms with Gasteiger partial charge < -0.3 is 16.2 Å². The van der Waals surface area contributed by atoms with E-state index in [9.17, 15) is 5.11 Å². The molecule has 3 unspecified atom stereocenters. The van der Waals surface area contributed by atoms with Crippen LogP contribution in [0.1, 0.15) is 36.6 Å². The van der Waals surface area contributed by atoms with Crippen LogP contribution in [0.4, 0.5) is 0 Å². The summed E-state index contributed by atoms with van der Waals surface area (Å²) in [5.41, 5.74) is 8.00. The van der Waals surface area contributed by atoms with Crippen molar-refractivity contribution < 1.29 is 5.11 Å². The van der Waals surface area contributed by atoms with Gasteiger partial charge in [-0.15, -0.1) is 0 Å². The Morgan fingerprint density at radius 3 is 2.94 bits per heavy atom. The van der Waals surface area contributed by atoms with E-state index in [1.54, 1.807) is 0 Å². The number of pyridine rings is 1. The van der Waals surface area contributed by atoms with Gasteiger partial charge in [-0.1, -0.05) is 12.5 Å². The van der Waals surface area contributed by atoms with Crippen molar-refractivity contribution in [3.05, 3.63) is 29.6 Å². The minimum absolute atomic E-state index is 0.134. The molecule has 0 spiro atoms. The number of nitrogens with two attached hydrogens (primary N) is 1. The Morgan fingerprint density at radius 1 is 1.50 bits per heavy atom. The fourth-order valence-corrected chi connectivity index (χ4v) is 2.72. The smallest absolute Gasteiger partial charge is 0.0474 e. The highest BCUT2D eigenvalue weighted by atomic mass is 16.3. The lowest BCUT2D eigenvalue weighted by atomic mass is 10.0. The maximum absolute atomic E-state index is 9.35. The van der Waals surface area contributed by atoms with Crippen LogP contribution in [0.15, 0.2) is 18.3 Å². The molecule has 0 amide bonds. The van der Waals surface area contributed by atoms with Gasteiger partial charge in [-0.3, -0.25) is 4.98 Å². The molecule has 1 aliphatic rings. The van der Waals surface area contributed by atoms with Crippen LogP contribution < -0.4 is 11.1 Å². The molecule has 4 N–H and O–H groups in total. The molecule has 4 heteroatoms. The number of aromatic nitrogens is 1. The van der Waals surface area contributed by atoms with Crippen LogP contribution in [0.5, 0.6) is 0 Å². The Labute approximate surface area is 109 Å². The maximum Gasteiger partial charge on any atom is 0.0474 e. The molecule has 2 rings (SSSR count). The van der Waals surface area contributed by atoms with E-state index in [1.165, 1.54) is 6.42 Å². The van der Waals surface area contributed by atoms with E-state index >= 15 is 0 Å². The minimum atomic E-state index is 0.134. The number of aliphatic hydroxyl groups is 1. The van der Waals surface area contributed by atoms with Crippen LogP contribution in [0.3, 0.4) is 0 Å². The lowest BCUT2D eigenvalue weighted by molar-refractivity contribution is 0.199. The molecular formula is C14H23N3O. The topological polar surface area (TPSA) is 71.2 Å². The van der Waals surface area contributed by atoms with E-state index in [1.807, 2.05) is 19.2 Å². The average molecular weight is 249 g/mol. The summed E-state index contributed by atoms with van der Waals surface area (Å²) >= 11 is 0. The Kier molecular flexibility index (Phi) is 4.69. The predicted octanol–water partition coefficient (Wildman–Crippen LogP) is 1.14. The summed E-state index contributed by atoms with van der Waals surface area (Å²) in [6.45, 7) is 2.80. The van der Waals surface area contributed by atoms with E-state index in [2.05, 4.69) is 16.4 Å². The molecule has 1 heterocycles. The fraction of sp³-hybridized carbons (Fsp3) is 0.643. The summed E-state index contributed by atoms with van der Waals surface area (Å²) in [4.78, 5) is 4.32. The Balaban J connectivity index is 2.02. The summed E-state index contributed by atoms with van der Waals surface area (Å²) in [6, 6.07) is 4.60. The van der Waals surface area contributed by atoms with Gasteiger partial charge in [-0.25, -0.2) is 0 Å². The monoisotopic (exact) mass is 249 g/mol. The number of aliphatic hydroxyl groups excluding tert-OH is 1. The first-order chi connectivity index (χ1) is 8.74. The van der Waals surface area contributed by atoms with Crippen LogP contribution in [-0.2, 0) is 0 Å². The molecular weight excluding hydrogens is 226 g/mol. The van der Waals surface area contributed by atoms with Gasteiger partial charge in [-0.05, 0) is 37.3 Å². The molecule has 1 aliphatic carbocycles. The molecule has 0 aliphatic heterocycles. The van der Waals surface area contributed by atoms with Crippen LogP contribution in [0.25, 0.3) is 0 Å². The molecule has 1 aromatic heterocycles. The van der Waals surface area contributed by atoms with E-state index in [0.29, 0.717) is 18.5 Å². The van der Waals surface area contributed by atoms with Crippen molar-refractivity contribution in [3.63, 3.8) is 0 Å². The highest BCUT2D eigenvalue weighted by molar-refractivity contribution is 5.18. The predicted molar refractivity (Wildman–Crippen MR) is 72.1 cm³/mol. The zero-order chi connectivity index (χ0) is 13.0. The van der Waals surface area contributed by atoms with Crippen molar-refractivity contribution in [3.8, 4) is 0 Å². The zero-order valence-corrected chi connectivity index (χ0v) is 11.0. The van der Waals surface area contributed by atoms with Gasteiger partial charge >= 0.3 is 0 Å². The Hall–Kier alpha value is -0.970. The molecule has 18 heavy (non-hydrogen) atoms. The number of hydrogen-bond donors (Lipinski definition) is 3. The fourth-order valence-electron chi connectivity index (χ4n) is 2.72. The van der Waals surface area contributed by atoms with Crippen LogP contribution >= 0.6 is 0 Å². The minimum Gasteiger partial charge on any atom is -0.396 e. The molecule has 0 saturated heterocycles. The Bertz CT molecular complexity index is 366. The van der Waals surface area contributed by atoms with Gasteiger partial charge in [0.2, 0.25) is 0 Å². The molecule has 4 nitrogen and oxygen atoms in total. The van der Waals surface area contributed by atoms with E-state index in [0.717, 1.165) is 24.1 Å². The quantitative estimate of drug-likeness (QED) is 0.732. The molecule has 0 bridgehead atoms. The molecule has 0 aromatic carbocycles. The number of rotatable bonds is 5. The van der Waals surface area contributed by atoms with Crippen molar-refractivity contribution in [2.45, 2.75) is 38.3 Å². The SMILES string of the molecule is Cc1ccc(C(CN)NC2CCCC2CO)cn1. The third kappa shape index (κ3) is 3.07. The largest absolute Gasteiger partial charge is 0.396 e. The third-order valence-corrected chi connectivity index (χ3v) is 3.88. The first kappa shape index (κ1) is 13.5. The lowest BCUT2D eigenvalue weighted by Gasteiger charge is -2.25. The van der Waals surface area contributed by atoms with Crippen molar-refractivity contribution in [1.82, 2.24) is 10.3 Å². The van der Waals surface area contributed by atoms with Gasteiger partial charge in [0.15, 0.2) is 0 Å². The third-order valence-electron chi connectivity index (χ3n) is 3.88. The van der Waals surface area contributed by atoms with E-state index < -0.39 is 0 Å². The summed E-state index contributed by atoms with van der Waals surface area (Å²) in [5, 5.41) is 12.9. The number of hydrogen-bond acceptors (Lipinski definition) is 4. The summed E-state index contributed by atoms with van der Waals surface area (Å²) in [5.74, 6) is 0.373. The average Bonchev–Trinajstić information content (AvgIpc) is 2.84. The van der Waals surface area contributed by atoms with Gasteiger partial charge in [0.05, 0.1) is 0 Å². The van der Waals surface area contributed by atoms with Gasteiger partial charge in [0, 0.05) is 37.1 Å². The second-order valence-electron chi connectivity index (χ2n) is 5.17. The molecule has 3 atom stereocenters. The molecule has 1 saturated carbocycles. The van der Waals surface area contributed by atoms with E-state index in [4.69, 9.17) is 5.73 Å². The summed E-state index contributed by atoms with van der Waals surface area (Å²) in [6.07, 6.45) is 5.31. The molecule has 1 fully saturated rings. The van der Waals surface area contributed by atoms with Crippen LogP contribution in [0, 0.1) is 12.8 Å². The second-order valence-corrected chi connectivity index (χ2v) is 5.17. The first-order valence-corrected chi connectivity index (χ1v) is 6.74. The summed E-state index contributed by atoms with van der Waals surface area (Å²) < 4.78 is 0. The number of aryl methyl sites for hydroxylation is 1. The highest BCUT2D eigenvalue weighted by Gasteiger charge is 2.28. The second kappa shape index (κ2) is 6.27. The van der Waals surface area contributed by atoms with Gasteiger partial charge in [-0.2, -0.15) is 0 Å². The van der Waals surface area contributed by atoms with Crippen molar-refractivity contribution >= 4 is 0 Å². The summed E-state index contributed by atoms with van der Waals surface area (Å²) in [7, 11) is 0. The van der Waals surface area contributed by atoms with Gasteiger partial charge in [0.1, 0.15) is 0 Å². The molecule has 100 valence electrons. The van der Waals surface area contributed by atoms with Crippen molar-refractivity contribution in [1.29, 1.82) is 0 Å².